The summed E-state index contributed by atoms with van der Waals surface area (Å²) in [4.78, 5) is 7.81. The molecule has 5 heteroatoms. The standard InChI is InChI=1S/C21H23ClN2O2/c1-24(2)12-5-13-25-23-20-17-6-3-4-7-19(17)26-21(14-18(20)21)15-8-10-16(22)11-9-15/h3-4,6-11,18H,5,12-14H2,1-2H3. The number of fused-ring (bicyclic) bond motifs is 2. The van der Waals surface area contributed by atoms with E-state index < -0.39 is 0 Å². The zero-order chi connectivity index (χ0) is 18.1. The Morgan fingerprint density at radius 3 is 2.73 bits per heavy atom. The Morgan fingerprint density at radius 1 is 1.19 bits per heavy atom. The van der Waals surface area contributed by atoms with Crippen LogP contribution in [0.3, 0.4) is 0 Å². The SMILES string of the molecule is CN(C)CCCON=C1c2ccccc2OC2(c3ccc(Cl)cc3)CC12. The number of hydrogen-bond donors (Lipinski definition) is 0. The fourth-order valence-corrected chi connectivity index (χ4v) is 3.74. The van der Waals surface area contributed by atoms with E-state index in [4.69, 9.17) is 21.2 Å². The number of ether oxygens (including phenoxy) is 1. The van der Waals surface area contributed by atoms with Crippen LogP contribution in [0.5, 0.6) is 5.75 Å². The van der Waals surface area contributed by atoms with E-state index >= 15 is 0 Å². The molecule has 1 saturated carbocycles. The molecule has 1 fully saturated rings. The number of rotatable bonds is 6. The minimum absolute atomic E-state index is 0.215. The van der Waals surface area contributed by atoms with Gasteiger partial charge in [-0.3, -0.25) is 0 Å². The summed E-state index contributed by atoms with van der Waals surface area (Å²) in [5.74, 6) is 1.08. The maximum atomic E-state index is 6.42. The van der Waals surface area contributed by atoms with E-state index in [9.17, 15) is 0 Å². The maximum absolute atomic E-state index is 6.42. The molecule has 0 spiro atoms. The molecule has 0 saturated heterocycles. The van der Waals surface area contributed by atoms with Gasteiger partial charge in [-0.1, -0.05) is 41.0 Å². The minimum atomic E-state index is -0.342. The average molecular weight is 371 g/mol. The molecule has 0 aromatic heterocycles. The highest BCUT2D eigenvalue weighted by atomic mass is 35.5. The van der Waals surface area contributed by atoms with Gasteiger partial charge in [0.1, 0.15) is 18.0 Å². The zero-order valence-electron chi connectivity index (χ0n) is 15.1. The van der Waals surface area contributed by atoms with Crippen LogP contribution >= 0.6 is 11.6 Å². The van der Waals surface area contributed by atoms with Gasteiger partial charge in [0.25, 0.3) is 0 Å². The van der Waals surface area contributed by atoms with Crippen molar-refractivity contribution in [1.29, 1.82) is 0 Å². The Morgan fingerprint density at radius 2 is 1.96 bits per heavy atom. The topological polar surface area (TPSA) is 34.1 Å². The zero-order valence-corrected chi connectivity index (χ0v) is 15.9. The lowest BCUT2D eigenvalue weighted by Crippen LogP contribution is -2.28. The molecule has 2 unspecified atom stereocenters. The van der Waals surface area contributed by atoms with Crippen LogP contribution in [0.25, 0.3) is 0 Å². The highest BCUT2D eigenvalue weighted by molar-refractivity contribution is 6.30. The van der Waals surface area contributed by atoms with Gasteiger partial charge in [-0.25, -0.2) is 0 Å². The van der Waals surface area contributed by atoms with Gasteiger partial charge in [-0.05, 0) is 50.3 Å². The lowest BCUT2D eigenvalue weighted by molar-refractivity contribution is 0.129. The second-order valence-corrected chi connectivity index (χ2v) is 7.65. The molecule has 4 nitrogen and oxygen atoms in total. The van der Waals surface area contributed by atoms with E-state index in [0.717, 1.165) is 47.0 Å². The predicted octanol–water partition coefficient (Wildman–Crippen LogP) is 4.32. The van der Waals surface area contributed by atoms with Crippen LogP contribution in [0, 0.1) is 5.92 Å². The van der Waals surface area contributed by atoms with Crippen molar-refractivity contribution in [2.45, 2.75) is 18.4 Å². The van der Waals surface area contributed by atoms with Crippen molar-refractivity contribution in [3.05, 3.63) is 64.7 Å². The first-order valence-corrected chi connectivity index (χ1v) is 9.37. The molecule has 1 heterocycles. The van der Waals surface area contributed by atoms with E-state index in [1.165, 1.54) is 0 Å². The lowest BCUT2D eigenvalue weighted by Gasteiger charge is -2.27. The van der Waals surface area contributed by atoms with E-state index in [-0.39, 0.29) is 11.5 Å². The third-order valence-corrected chi connectivity index (χ3v) is 5.28. The van der Waals surface area contributed by atoms with Gasteiger partial charge < -0.3 is 14.5 Å². The Labute approximate surface area is 159 Å². The largest absolute Gasteiger partial charge is 0.481 e. The highest BCUT2D eigenvalue weighted by Gasteiger charge is 2.64. The van der Waals surface area contributed by atoms with Gasteiger partial charge in [0.15, 0.2) is 0 Å². The number of nitrogens with zero attached hydrogens (tertiary/aromatic N) is 2. The lowest BCUT2D eigenvalue weighted by atomic mass is 9.96. The number of benzene rings is 2. The smallest absolute Gasteiger partial charge is 0.143 e. The Hall–Kier alpha value is -2.04. The predicted molar refractivity (Wildman–Crippen MR) is 104 cm³/mol. The van der Waals surface area contributed by atoms with Crippen molar-refractivity contribution in [3.8, 4) is 5.75 Å². The van der Waals surface area contributed by atoms with Crippen molar-refractivity contribution in [1.82, 2.24) is 4.90 Å². The molecule has 0 radical (unpaired) electrons. The molecule has 0 N–H and O–H groups in total. The molecule has 26 heavy (non-hydrogen) atoms. The van der Waals surface area contributed by atoms with Crippen LogP contribution in [0.1, 0.15) is 24.0 Å². The molecule has 136 valence electrons. The third kappa shape index (κ3) is 3.19. The summed E-state index contributed by atoms with van der Waals surface area (Å²) in [5.41, 5.74) is 2.82. The van der Waals surface area contributed by atoms with Gasteiger partial charge in [0.2, 0.25) is 0 Å². The van der Waals surface area contributed by atoms with Crippen LogP contribution in [-0.2, 0) is 10.4 Å². The Bertz CT molecular complexity index is 819. The third-order valence-electron chi connectivity index (χ3n) is 5.03. The van der Waals surface area contributed by atoms with Gasteiger partial charge >= 0.3 is 0 Å². The summed E-state index contributed by atoms with van der Waals surface area (Å²) < 4.78 is 6.42. The fourth-order valence-electron chi connectivity index (χ4n) is 3.61. The van der Waals surface area contributed by atoms with Crippen molar-refractivity contribution >= 4 is 17.3 Å². The first-order chi connectivity index (χ1) is 12.6. The molecule has 1 aliphatic heterocycles. The monoisotopic (exact) mass is 370 g/mol. The second-order valence-electron chi connectivity index (χ2n) is 7.22. The molecule has 2 aromatic rings. The molecular formula is C21H23ClN2O2. The summed E-state index contributed by atoms with van der Waals surface area (Å²) in [6, 6.07) is 16.0. The van der Waals surface area contributed by atoms with Crippen molar-refractivity contribution in [2.24, 2.45) is 11.1 Å². The summed E-state index contributed by atoms with van der Waals surface area (Å²) in [7, 11) is 4.12. The summed E-state index contributed by atoms with van der Waals surface area (Å²) >= 11 is 6.05. The number of para-hydroxylation sites is 1. The average Bonchev–Trinajstić information content (AvgIpc) is 3.36. The minimum Gasteiger partial charge on any atom is -0.481 e. The van der Waals surface area contributed by atoms with Crippen LogP contribution in [-0.4, -0.2) is 37.9 Å². The molecule has 1 aliphatic carbocycles. The molecule has 2 atom stereocenters. The van der Waals surface area contributed by atoms with Gasteiger partial charge in [-0.2, -0.15) is 0 Å². The van der Waals surface area contributed by atoms with Gasteiger partial charge in [-0.15, -0.1) is 0 Å². The van der Waals surface area contributed by atoms with E-state index in [0.29, 0.717) is 6.61 Å². The molecular weight excluding hydrogens is 348 g/mol. The fraction of sp³-hybridized carbons (Fsp3) is 0.381. The molecule has 0 amide bonds. The summed E-state index contributed by atoms with van der Waals surface area (Å²) in [6.45, 7) is 1.61. The van der Waals surface area contributed by atoms with Crippen molar-refractivity contribution in [2.75, 3.05) is 27.2 Å². The van der Waals surface area contributed by atoms with E-state index in [1.54, 1.807) is 0 Å². The normalized spacial score (nSPS) is 24.8. The molecule has 2 aliphatic rings. The highest BCUT2D eigenvalue weighted by Crippen LogP contribution is 2.60. The Balaban J connectivity index is 1.59. The molecule has 2 aromatic carbocycles. The van der Waals surface area contributed by atoms with E-state index in [1.807, 2.05) is 42.5 Å². The maximum Gasteiger partial charge on any atom is 0.143 e. The summed E-state index contributed by atoms with van der Waals surface area (Å²) in [6.07, 6.45) is 1.86. The van der Waals surface area contributed by atoms with Gasteiger partial charge in [0.05, 0.1) is 11.6 Å². The number of hydrogen-bond acceptors (Lipinski definition) is 4. The molecule has 4 rings (SSSR count). The first-order valence-electron chi connectivity index (χ1n) is 8.99. The second kappa shape index (κ2) is 6.93. The van der Waals surface area contributed by atoms with Crippen LogP contribution in [0.4, 0.5) is 0 Å². The first kappa shape index (κ1) is 17.4. The van der Waals surface area contributed by atoms with Crippen LogP contribution in [0.15, 0.2) is 53.7 Å². The quantitative estimate of drug-likeness (QED) is 0.561. The number of halogens is 1. The Kier molecular flexibility index (Phi) is 4.63. The van der Waals surface area contributed by atoms with Crippen molar-refractivity contribution in [3.63, 3.8) is 0 Å². The van der Waals surface area contributed by atoms with Crippen molar-refractivity contribution < 1.29 is 9.57 Å². The number of oxime groups is 1. The van der Waals surface area contributed by atoms with Crippen LogP contribution < -0.4 is 4.74 Å². The van der Waals surface area contributed by atoms with Crippen LogP contribution in [0.2, 0.25) is 5.02 Å². The van der Waals surface area contributed by atoms with E-state index in [2.05, 4.69) is 30.2 Å². The molecule has 0 bridgehead atoms. The summed E-state index contributed by atoms with van der Waals surface area (Å²) in [5, 5.41) is 5.26. The van der Waals surface area contributed by atoms with Gasteiger partial charge in [0, 0.05) is 23.6 Å².